The van der Waals surface area contributed by atoms with Crippen molar-refractivity contribution in [2.45, 2.75) is 32.1 Å². The van der Waals surface area contributed by atoms with Gasteiger partial charge in [-0.1, -0.05) is 6.42 Å². The molecular weight excluding hydrogens is 392 g/mol. The molecule has 5 rings (SSSR count). The number of aromatic nitrogens is 4. The third-order valence-corrected chi connectivity index (χ3v) is 7.51. The molecule has 2 saturated heterocycles. The molecule has 3 aliphatic rings. The van der Waals surface area contributed by atoms with E-state index < -0.39 is 0 Å². The summed E-state index contributed by atoms with van der Waals surface area (Å²) in [6.07, 6.45) is 17.7. The Morgan fingerprint density at radius 2 is 1.68 bits per heavy atom. The highest BCUT2D eigenvalue weighted by molar-refractivity contribution is 6.02. The molecule has 2 amide bonds. The van der Waals surface area contributed by atoms with Gasteiger partial charge >= 0.3 is 0 Å². The topological polar surface area (TPSA) is 95.1 Å². The van der Waals surface area contributed by atoms with Gasteiger partial charge in [0, 0.05) is 49.9 Å². The first-order valence-corrected chi connectivity index (χ1v) is 10.6. The Hall–Kier alpha value is -3.39. The minimum absolute atomic E-state index is 0.0544. The van der Waals surface area contributed by atoms with Gasteiger partial charge in [-0.2, -0.15) is 0 Å². The van der Waals surface area contributed by atoms with E-state index in [1.54, 1.807) is 0 Å². The molecule has 0 bridgehead atoms. The van der Waals surface area contributed by atoms with Crippen molar-refractivity contribution in [1.29, 1.82) is 0 Å². The van der Waals surface area contributed by atoms with Crippen LogP contribution in [0.4, 0.5) is 0 Å². The molecule has 1 aliphatic carbocycles. The van der Waals surface area contributed by atoms with Gasteiger partial charge in [0.05, 0.1) is 12.2 Å². The molecule has 2 aromatic heterocycles. The summed E-state index contributed by atoms with van der Waals surface area (Å²) in [7, 11) is 0. The van der Waals surface area contributed by atoms with Crippen LogP contribution in [0.25, 0.3) is 11.2 Å². The molecule has 0 radical (unpaired) electrons. The van der Waals surface area contributed by atoms with Crippen molar-refractivity contribution in [3.63, 3.8) is 0 Å². The van der Waals surface area contributed by atoms with E-state index in [1.807, 2.05) is 9.80 Å². The zero-order valence-corrected chi connectivity index (χ0v) is 17.3. The van der Waals surface area contributed by atoms with E-state index in [-0.39, 0.29) is 28.6 Å². The number of terminal acetylenes is 2. The second-order valence-corrected chi connectivity index (χ2v) is 9.11. The number of amides is 2. The van der Waals surface area contributed by atoms with Gasteiger partial charge in [-0.05, 0) is 12.8 Å². The fourth-order valence-corrected chi connectivity index (χ4v) is 6.12. The molecule has 2 atom stereocenters. The molecule has 3 fully saturated rings. The molecule has 8 heteroatoms. The van der Waals surface area contributed by atoms with Gasteiger partial charge in [0.25, 0.3) is 5.91 Å². The highest BCUT2D eigenvalue weighted by Crippen LogP contribution is 2.62. The number of carbonyl (C=O) groups excluding carboxylic acids is 2. The maximum Gasteiger partial charge on any atom is 0.274 e. The normalized spacial score (nSPS) is 26.7. The van der Waals surface area contributed by atoms with Crippen LogP contribution in [0.3, 0.4) is 0 Å². The summed E-state index contributed by atoms with van der Waals surface area (Å²) in [6, 6.07) is 0. The highest BCUT2D eigenvalue weighted by atomic mass is 16.2. The van der Waals surface area contributed by atoms with Crippen molar-refractivity contribution in [2.75, 3.05) is 26.2 Å². The first kappa shape index (κ1) is 19.6. The molecule has 2 aromatic rings. The number of nitrogens with one attached hydrogen (secondary N) is 1. The summed E-state index contributed by atoms with van der Waals surface area (Å²) in [4.78, 5) is 45.8. The summed E-state index contributed by atoms with van der Waals surface area (Å²) in [5.74, 6) is 4.80. The van der Waals surface area contributed by atoms with Crippen molar-refractivity contribution in [2.24, 2.45) is 16.7 Å². The predicted octanol–water partition coefficient (Wildman–Crippen LogP) is 1.47. The number of hydrogen-bond donors (Lipinski definition) is 1. The number of aromatic amines is 1. The molecule has 2 aliphatic heterocycles. The van der Waals surface area contributed by atoms with Gasteiger partial charge in [-0.25, -0.2) is 15.0 Å². The smallest absolute Gasteiger partial charge is 0.274 e. The number of carbonyl (C=O) groups is 2. The van der Waals surface area contributed by atoms with Crippen LogP contribution in [0.1, 0.15) is 42.6 Å². The Morgan fingerprint density at radius 1 is 1.03 bits per heavy atom. The van der Waals surface area contributed by atoms with Gasteiger partial charge in [0.1, 0.15) is 11.8 Å². The van der Waals surface area contributed by atoms with Crippen LogP contribution in [0.5, 0.6) is 0 Å². The standard InChI is InChI=1S/C23H24N6O2/c1-3-6-16(7-4-2)20(30)28-10-22-8-5-9-23(22,11-28)13-29(12-22)21(31)18-17-19(26-14-24-17)27-15-25-18/h1-2,14-16H,5-13H2,(H,24,25,26,27). The molecule has 1 N–H and O–H groups in total. The van der Waals surface area contributed by atoms with Gasteiger partial charge in [-0.3, -0.25) is 9.59 Å². The first-order valence-electron chi connectivity index (χ1n) is 10.6. The molecule has 31 heavy (non-hydrogen) atoms. The molecular formula is C23H24N6O2. The summed E-state index contributed by atoms with van der Waals surface area (Å²) in [5, 5.41) is 0. The van der Waals surface area contributed by atoms with E-state index in [0.29, 0.717) is 55.9 Å². The lowest BCUT2D eigenvalue weighted by atomic mass is 9.71. The van der Waals surface area contributed by atoms with Crippen molar-refractivity contribution in [3.8, 4) is 24.7 Å². The lowest BCUT2D eigenvalue weighted by Crippen LogP contribution is -2.41. The van der Waals surface area contributed by atoms with Crippen LogP contribution in [0.2, 0.25) is 0 Å². The molecule has 0 aromatic carbocycles. The summed E-state index contributed by atoms with van der Waals surface area (Å²) < 4.78 is 0. The van der Waals surface area contributed by atoms with E-state index in [1.165, 1.54) is 12.7 Å². The maximum atomic E-state index is 13.4. The van der Waals surface area contributed by atoms with Crippen LogP contribution in [-0.4, -0.2) is 67.7 Å². The lowest BCUT2D eigenvalue weighted by Gasteiger charge is -2.29. The first-order chi connectivity index (χ1) is 15.0. The fourth-order valence-electron chi connectivity index (χ4n) is 6.12. The number of H-pyrrole nitrogens is 1. The van der Waals surface area contributed by atoms with Crippen molar-refractivity contribution in [1.82, 2.24) is 29.7 Å². The van der Waals surface area contributed by atoms with E-state index in [9.17, 15) is 9.59 Å². The second-order valence-electron chi connectivity index (χ2n) is 9.11. The van der Waals surface area contributed by atoms with E-state index >= 15 is 0 Å². The van der Waals surface area contributed by atoms with Gasteiger partial charge < -0.3 is 14.8 Å². The lowest BCUT2D eigenvalue weighted by molar-refractivity contribution is -0.135. The van der Waals surface area contributed by atoms with E-state index in [0.717, 1.165) is 19.3 Å². The molecule has 2 unspecified atom stereocenters. The Morgan fingerprint density at radius 3 is 2.32 bits per heavy atom. The quantitative estimate of drug-likeness (QED) is 0.762. The Balaban J connectivity index is 1.39. The number of nitrogens with zero attached hydrogens (tertiary/aromatic N) is 5. The van der Waals surface area contributed by atoms with Crippen LogP contribution >= 0.6 is 0 Å². The minimum atomic E-state index is -0.324. The van der Waals surface area contributed by atoms with Crippen molar-refractivity contribution in [3.05, 3.63) is 18.3 Å². The SMILES string of the molecule is C#CCC(CC#C)C(=O)N1CC23CCCC2(CN(C(=O)c2ncnc4nc[nH]c24)C3)C1. The van der Waals surface area contributed by atoms with Gasteiger partial charge in [-0.15, -0.1) is 24.7 Å². The van der Waals surface area contributed by atoms with E-state index in [4.69, 9.17) is 12.8 Å². The zero-order chi connectivity index (χ0) is 21.6. The molecule has 0 spiro atoms. The third kappa shape index (κ3) is 2.82. The summed E-state index contributed by atoms with van der Waals surface area (Å²) >= 11 is 0. The molecule has 8 nitrogen and oxygen atoms in total. The molecule has 158 valence electrons. The van der Waals surface area contributed by atoms with Gasteiger partial charge in [0.15, 0.2) is 11.3 Å². The zero-order valence-electron chi connectivity index (χ0n) is 17.3. The van der Waals surface area contributed by atoms with Crippen molar-refractivity contribution < 1.29 is 9.59 Å². The monoisotopic (exact) mass is 416 g/mol. The molecule has 1 saturated carbocycles. The van der Waals surface area contributed by atoms with Crippen LogP contribution in [-0.2, 0) is 4.79 Å². The third-order valence-electron chi connectivity index (χ3n) is 7.51. The number of fused-ring (bicyclic) bond motifs is 1. The predicted molar refractivity (Wildman–Crippen MR) is 113 cm³/mol. The summed E-state index contributed by atoms with van der Waals surface area (Å²) in [6.45, 7) is 2.57. The van der Waals surface area contributed by atoms with Crippen LogP contribution in [0, 0.1) is 41.4 Å². The largest absolute Gasteiger partial charge is 0.341 e. The van der Waals surface area contributed by atoms with Gasteiger partial charge in [0.2, 0.25) is 5.91 Å². The van der Waals surface area contributed by atoms with Crippen LogP contribution < -0.4 is 0 Å². The average molecular weight is 416 g/mol. The molecule has 4 heterocycles. The van der Waals surface area contributed by atoms with E-state index in [2.05, 4.69) is 31.8 Å². The number of imidazole rings is 1. The highest BCUT2D eigenvalue weighted by Gasteiger charge is 2.66. The number of hydrogen-bond acceptors (Lipinski definition) is 5. The Labute approximate surface area is 180 Å². The number of rotatable bonds is 4. The maximum absolute atomic E-state index is 13.4. The fraction of sp³-hybridized carbons (Fsp3) is 0.522. The van der Waals surface area contributed by atoms with Crippen molar-refractivity contribution >= 4 is 23.0 Å². The summed E-state index contributed by atoms with van der Waals surface area (Å²) in [5.41, 5.74) is 1.25. The second kappa shape index (κ2) is 7.09. The van der Waals surface area contributed by atoms with Crippen LogP contribution in [0.15, 0.2) is 12.7 Å². The number of likely N-dealkylation sites (tertiary alicyclic amines) is 2. The Kier molecular flexibility index (Phi) is 4.48. The Bertz CT molecular complexity index is 1100. The average Bonchev–Trinajstić information content (AvgIpc) is 3.47. The minimum Gasteiger partial charge on any atom is -0.341 e.